The second kappa shape index (κ2) is 4.32. The maximum absolute atomic E-state index is 2.39. The quantitative estimate of drug-likeness (QED) is 0.521. The first-order valence-corrected chi connectivity index (χ1v) is 4.26. The Morgan fingerprint density at radius 3 is 3.00 bits per heavy atom. The Kier molecular flexibility index (Phi) is 3.28. The van der Waals surface area contributed by atoms with E-state index in [0.717, 1.165) is 0 Å². The fourth-order valence-corrected chi connectivity index (χ4v) is 1.32. The van der Waals surface area contributed by atoms with E-state index in [0.29, 0.717) is 0 Å². The molecule has 0 aromatic rings. The Morgan fingerprint density at radius 2 is 2.40 bits per heavy atom. The first-order chi connectivity index (χ1) is 4.93. The van der Waals surface area contributed by atoms with Crippen molar-refractivity contribution < 1.29 is 0 Å². The zero-order chi connectivity index (χ0) is 7.23. The lowest BCUT2D eigenvalue weighted by atomic mass is 10.1. The van der Waals surface area contributed by atoms with Gasteiger partial charge in [-0.1, -0.05) is 30.7 Å². The normalized spacial score (nSPS) is 18.3. The van der Waals surface area contributed by atoms with Crippen LogP contribution in [0.1, 0.15) is 39.0 Å². The summed E-state index contributed by atoms with van der Waals surface area (Å²) in [6.45, 7) is 2.18. The van der Waals surface area contributed by atoms with E-state index in [1.807, 2.05) is 0 Å². The van der Waals surface area contributed by atoms with Crippen molar-refractivity contribution in [2.24, 2.45) is 0 Å². The van der Waals surface area contributed by atoms with Gasteiger partial charge in [0.1, 0.15) is 0 Å². The molecule has 10 heavy (non-hydrogen) atoms. The molecule has 0 nitrogen and oxygen atoms in total. The fourth-order valence-electron chi connectivity index (χ4n) is 1.32. The van der Waals surface area contributed by atoms with E-state index >= 15 is 0 Å². The molecule has 0 fully saturated rings. The van der Waals surface area contributed by atoms with E-state index in [2.05, 4.69) is 25.2 Å². The van der Waals surface area contributed by atoms with Crippen molar-refractivity contribution in [1.82, 2.24) is 0 Å². The number of rotatable bonds is 3. The van der Waals surface area contributed by atoms with Crippen LogP contribution in [0.3, 0.4) is 0 Å². The second-order valence-electron chi connectivity index (χ2n) is 2.84. The summed E-state index contributed by atoms with van der Waals surface area (Å²) < 4.78 is 0. The first kappa shape index (κ1) is 7.59. The third kappa shape index (κ3) is 2.38. The van der Waals surface area contributed by atoms with Gasteiger partial charge in [-0.15, -0.1) is 0 Å². The lowest BCUT2D eigenvalue weighted by Crippen LogP contribution is -1.72. The van der Waals surface area contributed by atoms with Crippen LogP contribution in [0.4, 0.5) is 0 Å². The molecule has 1 aliphatic rings. The lowest BCUT2D eigenvalue weighted by molar-refractivity contribution is 0.892. The molecule has 0 aliphatic heterocycles. The highest BCUT2D eigenvalue weighted by Crippen LogP contribution is 2.20. The fraction of sp³-hybridized carbons (Fsp3) is 0.600. The summed E-state index contributed by atoms with van der Waals surface area (Å²) in [5.74, 6) is 0. The van der Waals surface area contributed by atoms with Gasteiger partial charge in [0.15, 0.2) is 0 Å². The van der Waals surface area contributed by atoms with Crippen LogP contribution in [-0.4, -0.2) is 0 Å². The van der Waals surface area contributed by atoms with Crippen LogP contribution in [0.25, 0.3) is 0 Å². The highest BCUT2D eigenvalue weighted by atomic mass is 14.1. The molecular weight excluding hydrogens is 120 g/mol. The van der Waals surface area contributed by atoms with Crippen LogP contribution in [0, 0.1) is 0 Å². The standard InChI is InChI=1S/C10H16/c1-2-3-4-7-10-8-5-6-9-10/h3-4,8H,2,5-7,9H2,1H3. The predicted octanol–water partition coefficient (Wildman–Crippen LogP) is 3.45. The second-order valence-corrected chi connectivity index (χ2v) is 2.84. The molecule has 0 aromatic heterocycles. The van der Waals surface area contributed by atoms with Crippen LogP contribution < -0.4 is 0 Å². The van der Waals surface area contributed by atoms with E-state index in [1.54, 1.807) is 5.57 Å². The molecule has 0 saturated heterocycles. The van der Waals surface area contributed by atoms with Gasteiger partial charge in [0.05, 0.1) is 0 Å². The number of allylic oxidation sites excluding steroid dienone is 4. The SMILES string of the molecule is CCC=CCC1=CCCC1. The third-order valence-electron chi connectivity index (χ3n) is 1.92. The summed E-state index contributed by atoms with van der Waals surface area (Å²) in [5.41, 5.74) is 1.64. The minimum Gasteiger partial charge on any atom is -0.0885 e. The Bertz CT molecular complexity index is 140. The summed E-state index contributed by atoms with van der Waals surface area (Å²) in [4.78, 5) is 0. The van der Waals surface area contributed by atoms with Gasteiger partial charge < -0.3 is 0 Å². The van der Waals surface area contributed by atoms with E-state index in [9.17, 15) is 0 Å². The van der Waals surface area contributed by atoms with Gasteiger partial charge in [-0.25, -0.2) is 0 Å². The minimum absolute atomic E-state index is 1.17. The molecule has 0 bridgehead atoms. The van der Waals surface area contributed by atoms with Crippen molar-refractivity contribution >= 4 is 0 Å². The van der Waals surface area contributed by atoms with Crippen LogP contribution in [-0.2, 0) is 0 Å². The maximum atomic E-state index is 2.39. The van der Waals surface area contributed by atoms with Gasteiger partial charge in [0, 0.05) is 0 Å². The average molecular weight is 136 g/mol. The van der Waals surface area contributed by atoms with Crippen molar-refractivity contribution in [2.45, 2.75) is 39.0 Å². The Balaban J connectivity index is 2.18. The smallest absolute Gasteiger partial charge is 0.0139 e. The largest absolute Gasteiger partial charge is 0.0885 e. The summed E-state index contributed by atoms with van der Waals surface area (Å²) in [5, 5.41) is 0. The molecule has 0 radical (unpaired) electrons. The van der Waals surface area contributed by atoms with Crippen molar-refractivity contribution in [2.75, 3.05) is 0 Å². The third-order valence-corrected chi connectivity index (χ3v) is 1.92. The average Bonchev–Trinajstić information content (AvgIpc) is 2.41. The van der Waals surface area contributed by atoms with E-state index in [1.165, 1.54) is 32.1 Å². The maximum Gasteiger partial charge on any atom is -0.0139 e. The van der Waals surface area contributed by atoms with Crippen molar-refractivity contribution in [3.05, 3.63) is 23.8 Å². The Hall–Kier alpha value is -0.520. The van der Waals surface area contributed by atoms with Gasteiger partial charge in [-0.3, -0.25) is 0 Å². The van der Waals surface area contributed by atoms with Crippen LogP contribution in [0.2, 0.25) is 0 Å². The summed E-state index contributed by atoms with van der Waals surface area (Å²) in [6, 6.07) is 0. The monoisotopic (exact) mass is 136 g/mol. The van der Waals surface area contributed by atoms with Gasteiger partial charge in [0.25, 0.3) is 0 Å². The molecule has 0 heteroatoms. The summed E-state index contributed by atoms with van der Waals surface area (Å²) >= 11 is 0. The molecule has 56 valence electrons. The summed E-state index contributed by atoms with van der Waals surface area (Å²) in [6.07, 6.45) is 13.3. The Labute approximate surface area is 63.6 Å². The van der Waals surface area contributed by atoms with Crippen LogP contribution in [0.5, 0.6) is 0 Å². The molecule has 0 aromatic carbocycles. The van der Waals surface area contributed by atoms with Gasteiger partial charge in [-0.2, -0.15) is 0 Å². The number of hydrogen-bond donors (Lipinski definition) is 0. The van der Waals surface area contributed by atoms with Crippen LogP contribution in [0.15, 0.2) is 23.8 Å². The van der Waals surface area contributed by atoms with E-state index < -0.39 is 0 Å². The molecule has 1 rings (SSSR count). The van der Waals surface area contributed by atoms with E-state index in [-0.39, 0.29) is 0 Å². The lowest BCUT2D eigenvalue weighted by Gasteiger charge is -1.92. The Morgan fingerprint density at radius 1 is 1.50 bits per heavy atom. The molecule has 0 amide bonds. The van der Waals surface area contributed by atoms with Gasteiger partial charge >= 0.3 is 0 Å². The predicted molar refractivity (Wildman–Crippen MR) is 46.0 cm³/mol. The minimum atomic E-state index is 1.17. The first-order valence-electron chi connectivity index (χ1n) is 4.26. The van der Waals surface area contributed by atoms with Crippen molar-refractivity contribution in [3.63, 3.8) is 0 Å². The highest BCUT2D eigenvalue weighted by Gasteiger charge is 2.00. The molecule has 1 aliphatic carbocycles. The van der Waals surface area contributed by atoms with E-state index in [4.69, 9.17) is 0 Å². The molecule has 0 N–H and O–H groups in total. The number of hydrogen-bond acceptors (Lipinski definition) is 0. The molecule has 0 atom stereocenters. The van der Waals surface area contributed by atoms with Crippen molar-refractivity contribution in [1.29, 1.82) is 0 Å². The van der Waals surface area contributed by atoms with Crippen LogP contribution >= 0.6 is 0 Å². The topological polar surface area (TPSA) is 0 Å². The van der Waals surface area contributed by atoms with Crippen molar-refractivity contribution in [3.8, 4) is 0 Å². The highest BCUT2D eigenvalue weighted by molar-refractivity contribution is 5.11. The zero-order valence-corrected chi connectivity index (χ0v) is 6.77. The molecule has 0 spiro atoms. The summed E-state index contributed by atoms with van der Waals surface area (Å²) in [7, 11) is 0. The molecular formula is C10H16. The van der Waals surface area contributed by atoms with Gasteiger partial charge in [0.2, 0.25) is 0 Å². The van der Waals surface area contributed by atoms with Gasteiger partial charge in [-0.05, 0) is 32.1 Å². The molecule has 0 heterocycles. The molecule has 0 saturated carbocycles. The zero-order valence-electron chi connectivity index (χ0n) is 6.77. The molecule has 0 unspecified atom stereocenters.